The normalized spacial score (nSPS) is 14.1. The molecule has 0 fully saturated rings. The van der Waals surface area contributed by atoms with Gasteiger partial charge in [-0.25, -0.2) is 5.43 Å². The summed E-state index contributed by atoms with van der Waals surface area (Å²) in [6, 6.07) is 24.3. The van der Waals surface area contributed by atoms with Crippen molar-refractivity contribution < 1.29 is 9.47 Å². The van der Waals surface area contributed by atoms with Crippen LogP contribution < -0.4 is 20.7 Å². The van der Waals surface area contributed by atoms with Gasteiger partial charge in [0.05, 0.1) is 12.6 Å². The van der Waals surface area contributed by atoms with E-state index in [4.69, 9.17) is 15.3 Å². The lowest BCUT2D eigenvalue weighted by molar-refractivity contribution is 0.283. The van der Waals surface area contributed by atoms with Gasteiger partial charge in [0.15, 0.2) is 0 Å². The van der Waals surface area contributed by atoms with Crippen LogP contribution in [-0.4, -0.2) is 6.61 Å². The molecular formula is C23H24N2O2. The molecule has 4 rings (SSSR count). The minimum Gasteiger partial charge on any atom is -0.493 e. The highest BCUT2D eigenvalue weighted by atomic mass is 16.5. The topological polar surface area (TPSA) is 56.5 Å². The van der Waals surface area contributed by atoms with Crippen LogP contribution in [0.15, 0.2) is 72.8 Å². The molecule has 0 aromatic heterocycles. The second-order valence-corrected chi connectivity index (χ2v) is 6.73. The molecule has 0 saturated heterocycles. The molecule has 0 spiro atoms. The zero-order valence-electron chi connectivity index (χ0n) is 15.2. The highest BCUT2D eigenvalue weighted by Crippen LogP contribution is 2.36. The second kappa shape index (κ2) is 8.25. The fraction of sp³-hybridized carbons (Fsp3) is 0.217. The van der Waals surface area contributed by atoms with E-state index in [9.17, 15) is 0 Å². The molecule has 0 bridgehead atoms. The number of rotatable bonds is 6. The number of nitrogens with two attached hydrogens (primary N) is 1. The van der Waals surface area contributed by atoms with E-state index in [0.29, 0.717) is 6.61 Å². The van der Waals surface area contributed by atoms with Gasteiger partial charge < -0.3 is 9.47 Å². The molecule has 1 aliphatic rings. The Labute approximate surface area is 159 Å². The summed E-state index contributed by atoms with van der Waals surface area (Å²) in [7, 11) is 0. The average molecular weight is 360 g/mol. The van der Waals surface area contributed by atoms with Crippen LogP contribution in [-0.2, 0) is 13.0 Å². The largest absolute Gasteiger partial charge is 0.493 e. The first-order valence-corrected chi connectivity index (χ1v) is 9.32. The number of fused-ring (bicyclic) bond motifs is 1. The number of nitrogens with one attached hydrogen (secondary N) is 1. The van der Waals surface area contributed by atoms with Crippen LogP contribution in [0, 0.1) is 0 Å². The molecule has 1 unspecified atom stereocenters. The SMILES string of the molecule is NNC(c1cccc(OCc2ccccc2)c1)c1cccc2c1OCCC2. The van der Waals surface area contributed by atoms with Crippen LogP contribution in [0.4, 0.5) is 0 Å². The third kappa shape index (κ3) is 3.97. The van der Waals surface area contributed by atoms with Gasteiger partial charge in [0.25, 0.3) is 0 Å². The standard InChI is InChI=1S/C23H24N2O2/c24-25-22(21-13-5-9-18-11-6-14-26-23(18)21)19-10-4-12-20(15-19)27-16-17-7-2-1-3-8-17/h1-5,7-10,12-13,15,22,25H,6,11,14,16,24H2. The number of aryl methyl sites for hydroxylation is 1. The first-order chi connectivity index (χ1) is 13.3. The van der Waals surface area contributed by atoms with E-state index in [0.717, 1.165) is 47.6 Å². The highest BCUT2D eigenvalue weighted by molar-refractivity contribution is 5.48. The van der Waals surface area contributed by atoms with Crippen LogP contribution >= 0.6 is 0 Å². The summed E-state index contributed by atoms with van der Waals surface area (Å²) >= 11 is 0. The summed E-state index contributed by atoms with van der Waals surface area (Å²) in [5, 5.41) is 0. The number of benzene rings is 3. The Morgan fingerprint density at radius 3 is 2.70 bits per heavy atom. The first-order valence-electron chi connectivity index (χ1n) is 9.32. The zero-order chi connectivity index (χ0) is 18.5. The third-order valence-corrected chi connectivity index (χ3v) is 4.88. The van der Waals surface area contributed by atoms with Gasteiger partial charge in [-0.3, -0.25) is 5.84 Å². The second-order valence-electron chi connectivity index (χ2n) is 6.73. The third-order valence-electron chi connectivity index (χ3n) is 4.88. The van der Waals surface area contributed by atoms with Gasteiger partial charge in [0.1, 0.15) is 18.1 Å². The Balaban J connectivity index is 1.58. The number of hydrazine groups is 1. The fourth-order valence-electron chi connectivity index (χ4n) is 3.53. The maximum absolute atomic E-state index is 5.98. The van der Waals surface area contributed by atoms with Crippen molar-refractivity contribution in [3.63, 3.8) is 0 Å². The van der Waals surface area contributed by atoms with Crippen LogP contribution in [0.3, 0.4) is 0 Å². The van der Waals surface area contributed by atoms with Gasteiger partial charge in [-0.1, -0.05) is 60.7 Å². The van der Waals surface area contributed by atoms with Crippen molar-refractivity contribution in [2.45, 2.75) is 25.5 Å². The summed E-state index contributed by atoms with van der Waals surface area (Å²) in [6.45, 7) is 1.29. The fourth-order valence-corrected chi connectivity index (χ4v) is 3.53. The van der Waals surface area contributed by atoms with Gasteiger partial charge >= 0.3 is 0 Å². The van der Waals surface area contributed by atoms with Gasteiger partial charge in [0.2, 0.25) is 0 Å². The van der Waals surface area contributed by atoms with E-state index >= 15 is 0 Å². The van der Waals surface area contributed by atoms with E-state index in [2.05, 4.69) is 41.8 Å². The lowest BCUT2D eigenvalue weighted by Gasteiger charge is -2.25. The predicted molar refractivity (Wildman–Crippen MR) is 107 cm³/mol. The molecule has 0 aliphatic carbocycles. The van der Waals surface area contributed by atoms with Crippen LogP contribution in [0.25, 0.3) is 0 Å². The summed E-state index contributed by atoms with van der Waals surface area (Å²) in [6.07, 6.45) is 2.10. The molecule has 4 heteroatoms. The molecule has 3 N–H and O–H groups in total. The lowest BCUT2D eigenvalue weighted by atomic mass is 9.94. The molecule has 0 amide bonds. The smallest absolute Gasteiger partial charge is 0.127 e. The Bertz CT molecular complexity index is 896. The number of ether oxygens (including phenoxy) is 2. The van der Waals surface area contributed by atoms with Crippen molar-refractivity contribution in [3.05, 3.63) is 95.1 Å². The summed E-state index contributed by atoms with van der Waals surface area (Å²) < 4.78 is 11.9. The van der Waals surface area contributed by atoms with Crippen molar-refractivity contribution in [2.75, 3.05) is 6.61 Å². The Kier molecular flexibility index (Phi) is 5.37. The van der Waals surface area contributed by atoms with Crippen molar-refractivity contribution in [2.24, 2.45) is 5.84 Å². The van der Waals surface area contributed by atoms with Gasteiger partial charge in [0, 0.05) is 5.56 Å². The molecule has 3 aromatic carbocycles. The molecule has 4 nitrogen and oxygen atoms in total. The van der Waals surface area contributed by atoms with Gasteiger partial charge in [-0.05, 0) is 41.7 Å². The Morgan fingerprint density at radius 1 is 1.00 bits per heavy atom. The van der Waals surface area contributed by atoms with Gasteiger partial charge in [-0.2, -0.15) is 0 Å². The van der Waals surface area contributed by atoms with Crippen molar-refractivity contribution in [3.8, 4) is 11.5 Å². The van der Waals surface area contributed by atoms with Crippen molar-refractivity contribution in [1.29, 1.82) is 0 Å². The quantitative estimate of drug-likeness (QED) is 0.512. The average Bonchev–Trinajstić information content (AvgIpc) is 2.74. The molecule has 1 atom stereocenters. The van der Waals surface area contributed by atoms with E-state index in [1.54, 1.807) is 0 Å². The van der Waals surface area contributed by atoms with Gasteiger partial charge in [-0.15, -0.1) is 0 Å². The van der Waals surface area contributed by atoms with Crippen LogP contribution in [0.5, 0.6) is 11.5 Å². The predicted octanol–water partition coefficient (Wildman–Crippen LogP) is 4.14. The maximum atomic E-state index is 5.98. The highest BCUT2D eigenvalue weighted by Gasteiger charge is 2.22. The molecule has 27 heavy (non-hydrogen) atoms. The van der Waals surface area contributed by atoms with E-state index in [1.165, 1.54) is 5.56 Å². The molecule has 0 radical (unpaired) electrons. The first kappa shape index (κ1) is 17.6. The summed E-state index contributed by atoms with van der Waals surface area (Å²) in [4.78, 5) is 0. The molecule has 1 heterocycles. The molecule has 3 aromatic rings. The number of para-hydroxylation sites is 1. The Morgan fingerprint density at radius 2 is 1.85 bits per heavy atom. The monoisotopic (exact) mass is 360 g/mol. The van der Waals surface area contributed by atoms with E-state index < -0.39 is 0 Å². The zero-order valence-corrected chi connectivity index (χ0v) is 15.2. The maximum Gasteiger partial charge on any atom is 0.127 e. The van der Waals surface area contributed by atoms with E-state index in [1.807, 2.05) is 36.4 Å². The summed E-state index contributed by atoms with van der Waals surface area (Å²) in [5.41, 5.74) is 7.45. The summed E-state index contributed by atoms with van der Waals surface area (Å²) in [5.74, 6) is 7.72. The molecule has 138 valence electrons. The van der Waals surface area contributed by atoms with Crippen molar-refractivity contribution >= 4 is 0 Å². The molecule has 0 saturated carbocycles. The number of hydrogen-bond donors (Lipinski definition) is 2. The Hall–Kier alpha value is -2.82. The molecule has 1 aliphatic heterocycles. The van der Waals surface area contributed by atoms with Crippen LogP contribution in [0.2, 0.25) is 0 Å². The minimum atomic E-state index is -0.154. The van der Waals surface area contributed by atoms with E-state index in [-0.39, 0.29) is 6.04 Å². The number of hydrogen-bond acceptors (Lipinski definition) is 4. The lowest BCUT2D eigenvalue weighted by Crippen LogP contribution is -2.29. The van der Waals surface area contributed by atoms with Crippen molar-refractivity contribution in [1.82, 2.24) is 5.43 Å². The van der Waals surface area contributed by atoms with Crippen LogP contribution in [0.1, 0.15) is 34.7 Å². The minimum absolute atomic E-state index is 0.154. The molecular weight excluding hydrogens is 336 g/mol.